The molecular formula is C12H16N2O2S. The van der Waals surface area contributed by atoms with E-state index in [0.29, 0.717) is 5.69 Å². The summed E-state index contributed by atoms with van der Waals surface area (Å²) < 4.78 is 26.5. The topological polar surface area (TPSA) is 58.2 Å². The molecular weight excluding hydrogens is 236 g/mol. The first-order valence-electron chi connectivity index (χ1n) is 6.04. The first-order valence-corrected chi connectivity index (χ1v) is 7.59. The van der Waals surface area contributed by atoms with Gasteiger partial charge in [0.15, 0.2) is 0 Å². The average molecular weight is 252 g/mol. The van der Waals surface area contributed by atoms with Gasteiger partial charge in [-0.05, 0) is 37.3 Å². The van der Waals surface area contributed by atoms with Crippen molar-refractivity contribution in [3.63, 3.8) is 0 Å². The Balaban J connectivity index is 1.92. The van der Waals surface area contributed by atoms with Gasteiger partial charge in [0.05, 0.1) is 16.6 Å². The van der Waals surface area contributed by atoms with E-state index in [0.717, 1.165) is 37.9 Å². The molecule has 0 spiro atoms. The molecule has 1 aromatic carbocycles. The van der Waals surface area contributed by atoms with Gasteiger partial charge >= 0.3 is 0 Å². The van der Waals surface area contributed by atoms with Crippen molar-refractivity contribution in [1.82, 2.24) is 0 Å². The van der Waals surface area contributed by atoms with Crippen molar-refractivity contribution < 1.29 is 8.42 Å². The fourth-order valence-corrected chi connectivity index (χ4v) is 3.61. The van der Waals surface area contributed by atoms with Crippen LogP contribution in [0.4, 0.5) is 11.4 Å². The minimum atomic E-state index is -3.16. The lowest BCUT2D eigenvalue weighted by Crippen LogP contribution is -2.20. The first kappa shape index (κ1) is 10.9. The lowest BCUT2D eigenvalue weighted by Gasteiger charge is -2.21. The lowest BCUT2D eigenvalue weighted by atomic mass is 10.0. The Labute approximate surface area is 101 Å². The molecule has 0 saturated heterocycles. The quantitative estimate of drug-likeness (QED) is 0.864. The van der Waals surface area contributed by atoms with Crippen molar-refractivity contribution in [3.05, 3.63) is 23.8 Å². The summed E-state index contributed by atoms with van der Waals surface area (Å²) in [6.07, 6.45) is 3.70. The predicted molar refractivity (Wildman–Crippen MR) is 68.8 cm³/mol. The molecule has 17 heavy (non-hydrogen) atoms. The number of hydrogen-bond donors (Lipinski definition) is 2. The van der Waals surface area contributed by atoms with Crippen molar-refractivity contribution in [2.45, 2.75) is 30.9 Å². The van der Waals surface area contributed by atoms with Gasteiger partial charge in [0.2, 0.25) is 10.0 Å². The van der Waals surface area contributed by atoms with E-state index in [4.69, 9.17) is 0 Å². The van der Waals surface area contributed by atoms with Crippen LogP contribution in [-0.4, -0.2) is 20.2 Å². The third-order valence-electron chi connectivity index (χ3n) is 3.29. The van der Waals surface area contributed by atoms with Gasteiger partial charge < -0.3 is 5.32 Å². The summed E-state index contributed by atoms with van der Waals surface area (Å²) in [6.45, 7) is 0.912. The number of benzene rings is 1. The Morgan fingerprint density at radius 2 is 2.12 bits per heavy atom. The Hall–Kier alpha value is -1.23. The number of para-hydroxylation sites is 1. The molecule has 0 radical (unpaired) electrons. The molecule has 4 nitrogen and oxygen atoms in total. The van der Waals surface area contributed by atoms with E-state index in [-0.39, 0.29) is 5.25 Å². The highest BCUT2D eigenvalue weighted by atomic mass is 32.2. The van der Waals surface area contributed by atoms with Gasteiger partial charge in [0, 0.05) is 6.54 Å². The average Bonchev–Trinajstić information content (AvgIpc) is 3.13. The smallest absolute Gasteiger partial charge is 0.235 e. The Bertz CT molecular complexity index is 535. The van der Waals surface area contributed by atoms with Gasteiger partial charge in [-0.25, -0.2) is 8.42 Å². The second-order valence-corrected chi connectivity index (χ2v) is 6.68. The van der Waals surface area contributed by atoms with Crippen molar-refractivity contribution in [2.24, 2.45) is 0 Å². The Morgan fingerprint density at radius 3 is 2.88 bits per heavy atom. The van der Waals surface area contributed by atoms with Gasteiger partial charge in [0.25, 0.3) is 0 Å². The van der Waals surface area contributed by atoms with E-state index in [9.17, 15) is 8.42 Å². The number of aryl methyl sites for hydroxylation is 1. The van der Waals surface area contributed by atoms with Crippen molar-refractivity contribution in [1.29, 1.82) is 0 Å². The minimum Gasteiger partial charge on any atom is -0.383 e. The van der Waals surface area contributed by atoms with Crippen molar-refractivity contribution in [3.8, 4) is 0 Å². The Morgan fingerprint density at radius 1 is 1.29 bits per heavy atom. The highest BCUT2D eigenvalue weighted by Crippen LogP contribution is 2.34. The van der Waals surface area contributed by atoms with Crippen LogP contribution < -0.4 is 10.0 Å². The number of hydrogen-bond acceptors (Lipinski definition) is 3. The second kappa shape index (κ2) is 3.91. The summed E-state index contributed by atoms with van der Waals surface area (Å²) >= 11 is 0. The molecule has 0 amide bonds. The molecule has 2 N–H and O–H groups in total. The standard InChI is InChI=1S/C12H16N2O2S/c15-17(16,10-6-7-10)14-11-5-1-3-9-4-2-8-13-12(9)11/h1,3,5,10,13-14H,2,4,6-8H2. The highest BCUT2D eigenvalue weighted by Gasteiger charge is 2.36. The summed E-state index contributed by atoms with van der Waals surface area (Å²) in [5.41, 5.74) is 2.87. The molecule has 0 aromatic heterocycles. The van der Waals surface area contributed by atoms with Crippen LogP contribution in [0.3, 0.4) is 0 Å². The van der Waals surface area contributed by atoms with Crippen LogP contribution in [0.15, 0.2) is 18.2 Å². The number of fused-ring (bicyclic) bond motifs is 1. The zero-order chi connectivity index (χ0) is 11.9. The monoisotopic (exact) mass is 252 g/mol. The lowest BCUT2D eigenvalue weighted by molar-refractivity contribution is 0.600. The largest absolute Gasteiger partial charge is 0.383 e. The third-order valence-corrected chi connectivity index (χ3v) is 5.14. The van der Waals surface area contributed by atoms with E-state index in [1.807, 2.05) is 12.1 Å². The molecule has 0 bridgehead atoms. The SMILES string of the molecule is O=S(=O)(Nc1cccc2c1NCCC2)C1CC1. The van der Waals surface area contributed by atoms with Crippen LogP contribution in [0.1, 0.15) is 24.8 Å². The molecule has 1 aliphatic heterocycles. The van der Waals surface area contributed by atoms with E-state index in [1.54, 1.807) is 0 Å². The summed E-state index contributed by atoms with van der Waals surface area (Å²) in [5, 5.41) is 3.11. The van der Waals surface area contributed by atoms with Crippen LogP contribution in [0.5, 0.6) is 0 Å². The molecule has 1 saturated carbocycles. The van der Waals surface area contributed by atoms with Crippen LogP contribution >= 0.6 is 0 Å². The zero-order valence-electron chi connectivity index (χ0n) is 9.57. The van der Waals surface area contributed by atoms with Gasteiger partial charge in [-0.2, -0.15) is 0 Å². The van der Waals surface area contributed by atoms with Crippen molar-refractivity contribution in [2.75, 3.05) is 16.6 Å². The van der Waals surface area contributed by atoms with Crippen LogP contribution in [-0.2, 0) is 16.4 Å². The van der Waals surface area contributed by atoms with Crippen LogP contribution in [0.2, 0.25) is 0 Å². The fraction of sp³-hybridized carbons (Fsp3) is 0.500. The molecule has 1 aliphatic carbocycles. The van der Waals surface area contributed by atoms with Crippen LogP contribution in [0.25, 0.3) is 0 Å². The van der Waals surface area contributed by atoms with E-state index in [1.165, 1.54) is 5.56 Å². The van der Waals surface area contributed by atoms with Gasteiger partial charge in [-0.3, -0.25) is 4.72 Å². The molecule has 1 aromatic rings. The zero-order valence-corrected chi connectivity index (χ0v) is 10.4. The molecule has 92 valence electrons. The summed E-state index contributed by atoms with van der Waals surface area (Å²) in [6, 6.07) is 5.80. The number of nitrogens with one attached hydrogen (secondary N) is 2. The molecule has 5 heteroatoms. The third kappa shape index (κ3) is 2.11. The number of anilines is 2. The highest BCUT2D eigenvalue weighted by molar-refractivity contribution is 7.93. The summed E-state index contributed by atoms with van der Waals surface area (Å²) in [5.74, 6) is 0. The normalized spacial score (nSPS) is 19.3. The molecule has 0 unspecified atom stereocenters. The molecule has 1 fully saturated rings. The van der Waals surface area contributed by atoms with E-state index >= 15 is 0 Å². The van der Waals surface area contributed by atoms with Gasteiger partial charge in [-0.1, -0.05) is 12.1 Å². The summed E-state index contributed by atoms with van der Waals surface area (Å²) in [4.78, 5) is 0. The maximum Gasteiger partial charge on any atom is 0.235 e. The molecule has 2 aliphatic rings. The van der Waals surface area contributed by atoms with Crippen molar-refractivity contribution >= 4 is 21.4 Å². The maximum atomic E-state index is 11.9. The molecule has 3 rings (SSSR count). The van der Waals surface area contributed by atoms with E-state index in [2.05, 4.69) is 16.1 Å². The molecule has 1 heterocycles. The second-order valence-electron chi connectivity index (χ2n) is 4.72. The summed E-state index contributed by atoms with van der Waals surface area (Å²) in [7, 11) is -3.16. The predicted octanol–water partition coefficient (Wildman–Crippen LogP) is 1.95. The maximum absolute atomic E-state index is 11.9. The minimum absolute atomic E-state index is 0.179. The first-order chi connectivity index (χ1) is 8.17. The number of sulfonamides is 1. The van der Waals surface area contributed by atoms with Gasteiger partial charge in [0.1, 0.15) is 0 Å². The fourth-order valence-electron chi connectivity index (χ4n) is 2.21. The molecule has 0 atom stereocenters. The van der Waals surface area contributed by atoms with Crippen LogP contribution in [0, 0.1) is 0 Å². The van der Waals surface area contributed by atoms with Gasteiger partial charge in [-0.15, -0.1) is 0 Å². The van der Waals surface area contributed by atoms with E-state index < -0.39 is 10.0 Å². The Kier molecular flexibility index (Phi) is 2.50. The number of rotatable bonds is 3.